The van der Waals surface area contributed by atoms with Crippen LogP contribution in [-0.2, 0) is 9.16 Å². The molecule has 0 aromatic carbocycles. The normalized spacial score (nSPS) is 13.4. The third-order valence-electron chi connectivity index (χ3n) is 1.05. The van der Waals surface area contributed by atoms with Crippen molar-refractivity contribution in [2.24, 2.45) is 0 Å². The van der Waals surface area contributed by atoms with Gasteiger partial charge in [-0.15, -0.1) is 0 Å². The molecule has 11 heavy (non-hydrogen) atoms. The van der Waals surface area contributed by atoms with Gasteiger partial charge in [-0.05, 0) is 32.1 Å². The molecule has 3 heteroatoms. The van der Waals surface area contributed by atoms with Gasteiger partial charge in [-0.1, -0.05) is 0 Å². The molecule has 66 valence electrons. The molecule has 0 unspecified atom stereocenters. The molecule has 0 saturated heterocycles. The SMILES string of the molecule is COC=C(C)CO[Si](C)(C)C. The molecule has 0 aromatic rings. The highest BCUT2D eigenvalue weighted by atomic mass is 28.4. The molecule has 0 spiro atoms. The summed E-state index contributed by atoms with van der Waals surface area (Å²) in [5.41, 5.74) is 1.13. The van der Waals surface area contributed by atoms with E-state index in [1.54, 1.807) is 13.4 Å². The molecule has 0 fully saturated rings. The van der Waals surface area contributed by atoms with Crippen LogP contribution >= 0.6 is 0 Å². The number of hydrogen-bond acceptors (Lipinski definition) is 2. The monoisotopic (exact) mass is 174 g/mol. The molecule has 0 aliphatic rings. The Balaban J connectivity index is 3.62. The molecule has 0 radical (unpaired) electrons. The molecule has 0 heterocycles. The molecule has 0 rings (SSSR count). The van der Waals surface area contributed by atoms with Crippen LogP contribution in [0.15, 0.2) is 11.8 Å². The standard InChI is InChI=1S/C8H18O2Si/c1-8(6-9-2)7-10-11(3,4)5/h6H,7H2,1-5H3. The van der Waals surface area contributed by atoms with Gasteiger partial charge < -0.3 is 9.16 Å². The van der Waals surface area contributed by atoms with Gasteiger partial charge >= 0.3 is 0 Å². The maximum atomic E-state index is 5.63. The second-order valence-corrected chi connectivity index (χ2v) is 8.11. The Labute approximate surface area is 70.3 Å². The lowest BCUT2D eigenvalue weighted by atomic mass is 10.4. The highest BCUT2D eigenvalue weighted by Crippen LogP contribution is 2.05. The van der Waals surface area contributed by atoms with E-state index in [1.165, 1.54) is 0 Å². The number of rotatable bonds is 4. The van der Waals surface area contributed by atoms with Gasteiger partial charge in [0.05, 0.1) is 20.0 Å². The summed E-state index contributed by atoms with van der Waals surface area (Å²) in [7, 11) is 0.305. The number of ether oxygens (including phenoxy) is 1. The summed E-state index contributed by atoms with van der Waals surface area (Å²) in [4.78, 5) is 0. The fraction of sp³-hybridized carbons (Fsp3) is 0.750. The first-order valence-electron chi connectivity index (χ1n) is 3.78. The summed E-state index contributed by atoms with van der Waals surface area (Å²) in [5.74, 6) is 0. The van der Waals surface area contributed by atoms with E-state index in [0.717, 1.165) is 5.57 Å². The highest BCUT2D eigenvalue weighted by Gasteiger charge is 2.13. The summed E-state index contributed by atoms with van der Waals surface area (Å²) >= 11 is 0. The molecule has 2 nitrogen and oxygen atoms in total. The second kappa shape index (κ2) is 4.57. The Hall–Kier alpha value is -0.283. The third-order valence-corrected chi connectivity index (χ3v) is 2.06. The van der Waals surface area contributed by atoms with Crippen molar-refractivity contribution in [2.45, 2.75) is 26.6 Å². The van der Waals surface area contributed by atoms with Crippen molar-refractivity contribution in [3.63, 3.8) is 0 Å². The highest BCUT2D eigenvalue weighted by molar-refractivity contribution is 6.69. The fourth-order valence-electron chi connectivity index (χ4n) is 0.566. The quantitative estimate of drug-likeness (QED) is 0.481. The van der Waals surface area contributed by atoms with Crippen LogP contribution in [0.1, 0.15) is 6.92 Å². The van der Waals surface area contributed by atoms with Gasteiger partial charge in [0, 0.05) is 0 Å². The Kier molecular flexibility index (Phi) is 4.45. The maximum Gasteiger partial charge on any atom is 0.184 e. The van der Waals surface area contributed by atoms with Gasteiger partial charge in [0.15, 0.2) is 8.32 Å². The number of methoxy groups -OCH3 is 1. The third kappa shape index (κ3) is 7.62. The van der Waals surface area contributed by atoms with Crippen LogP contribution < -0.4 is 0 Å². The molecule has 0 aliphatic carbocycles. The van der Waals surface area contributed by atoms with Gasteiger partial charge in [0.2, 0.25) is 0 Å². The van der Waals surface area contributed by atoms with Crippen LogP contribution in [0.4, 0.5) is 0 Å². The molecule has 0 amide bonds. The van der Waals surface area contributed by atoms with E-state index in [9.17, 15) is 0 Å². The van der Waals surface area contributed by atoms with Crippen molar-refractivity contribution >= 4 is 8.32 Å². The topological polar surface area (TPSA) is 18.5 Å². The second-order valence-electron chi connectivity index (χ2n) is 3.60. The van der Waals surface area contributed by atoms with E-state index in [2.05, 4.69) is 19.6 Å². The van der Waals surface area contributed by atoms with Crippen molar-refractivity contribution in [3.05, 3.63) is 11.8 Å². The lowest BCUT2D eigenvalue weighted by Crippen LogP contribution is -2.26. The molecule has 0 N–H and O–H groups in total. The largest absolute Gasteiger partial charge is 0.504 e. The average molecular weight is 174 g/mol. The van der Waals surface area contributed by atoms with E-state index in [4.69, 9.17) is 9.16 Å². The summed E-state index contributed by atoms with van der Waals surface area (Å²) < 4.78 is 10.5. The first-order chi connectivity index (χ1) is 4.95. The maximum absolute atomic E-state index is 5.63. The molecule has 0 saturated carbocycles. The Morgan fingerprint density at radius 2 is 1.91 bits per heavy atom. The van der Waals surface area contributed by atoms with Crippen molar-refractivity contribution in [1.82, 2.24) is 0 Å². The first-order valence-corrected chi connectivity index (χ1v) is 7.19. The van der Waals surface area contributed by atoms with Crippen LogP contribution in [0.3, 0.4) is 0 Å². The van der Waals surface area contributed by atoms with E-state index >= 15 is 0 Å². The van der Waals surface area contributed by atoms with E-state index in [1.807, 2.05) is 6.92 Å². The zero-order chi connectivity index (χ0) is 8.91. The molecule has 0 atom stereocenters. The molecule has 0 aliphatic heterocycles. The fourth-order valence-corrected chi connectivity index (χ4v) is 1.23. The lowest BCUT2D eigenvalue weighted by molar-refractivity contribution is 0.309. The first kappa shape index (κ1) is 10.7. The molecular formula is C8H18O2Si. The molecule has 0 aromatic heterocycles. The average Bonchev–Trinajstić information content (AvgIpc) is 1.83. The van der Waals surface area contributed by atoms with Crippen molar-refractivity contribution in [3.8, 4) is 0 Å². The van der Waals surface area contributed by atoms with Crippen LogP contribution in [-0.4, -0.2) is 22.0 Å². The van der Waals surface area contributed by atoms with Gasteiger partial charge in [-0.3, -0.25) is 0 Å². The van der Waals surface area contributed by atoms with Gasteiger partial charge in [-0.2, -0.15) is 0 Å². The van der Waals surface area contributed by atoms with E-state index < -0.39 is 8.32 Å². The van der Waals surface area contributed by atoms with E-state index in [-0.39, 0.29) is 0 Å². The van der Waals surface area contributed by atoms with Gasteiger partial charge in [0.25, 0.3) is 0 Å². The minimum atomic E-state index is -1.35. The number of hydrogen-bond donors (Lipinski definition) is 0. The smallest absolute Gasteiger partial charge is 0.184 e. The predicted octanol–water partition coefficient (Wildman–Crippen LogP) is 2.39. The minimum Gasteiger partial charge on any atom is -0.504 e. The molecule has 0 bridgehead atoms. The summed E-state index contributed by atoms with van der Waals surface area (Å²) in [6, 6.07) is 0. The Bertz CT molecular complexity index is 136. The summed E-state index contributed by atoms with van der Waals surface area (Å²) in [6.07, 6.45) is 1.72. The minimum absolute atomic E-state index is 0.698. The van der Waals surface area contributed by atoms with Gasteiger partial charge in [-0.25, -0.2) is 0 Å². The van der Waals surface area contributed by atoms with Crippen molar-refractivity contribution in [1.29, 1.82) is 0 Å². The van der Waals surface area contributed by atoms with Crippen LogP contribution in [0.25, 0.3) is 0 Å². The molecular weight excluding hydrogens is 156 g/mol. The van der Waals surface area contributed by atoms with Crippen LogP contribution in [0.2, 0.25) is 19.6 Å². The summed E-state index contributed by atoms with van der Waals surface area (Å²) in [5, 5.41) is 0. The predicted molar refractivity (Wildman–Crippen MR) is 50.1 cm³/mol. The zero-order valence-corrected chi connectivity index (χ0v) is 9.10. The van der Waals surface area contributed by atoms with E-state index in [0.29, 0.717) is 6.61 Å². The lowest BCUT2D eigenvalue weighted by Gasteiger charge is -2.16. The van der Waals surface area contributed by atoms with Gasteiger partial charge in [0.1, 0.15) is 0 Å². The van der Waals surface area contributed by atoms with Crippen LogP contribution in [0, 0.1) is 0 Å². The van der Waals surface area contributed by atoms with Crippen LogP contribution in [0.5, 0.6) is 0 Å². The Morgan fingerprint density at radius 3 is 2.27 bits per heavy atom. The zero-order valence-electron chi connectivity index (χ0n) is 8.10. The summed E-state index contributed by atoms with van der Waals surface area (Å²) in [6.45, 7) is 9.22. The Morgan fingerprint density at radius 1 is 1.36 bits per heavy atom. The van der Waals surface area contributed by atoms with Crippen molar-refractivity contribution in [2.75, 3.05) is 13.7 Å². The van der Waals surface area contributed by atoms with Crippen molar-refractivity contribution < 1.29 is 9.16 Å².